The van der Waals surface area contributed by atoms with Crippen molar-refractivity contribution >= 4 is 5.91 Å². The molecule has 1 aromatic heterocycles. The molecule has 3 aromatic rings. The normalized spacial score (nSPS) is 10.8. The molecule has 0 aliphatic carbocycles. The van der Waals surface area contributed by atoms with Crippen LogP contribution in [0.4, 0.5) is 0 Å². The van der Waals surface area contributed by atoms with Crippen LogP contribution in [-0.4, -0.2) is 10.9 Å². The van der Waals surface area contributed by atoms with Crippen LogP contribution in [0.1, 0.15) is 36.7 Å². The summed E-state index contributed by atoms with van der Waals surface area (Å²) in [5.74, 6) is 5.97. The highest BCUT2D eigenvalue weighted by Crippen LogP contribution is 2.32. The zero-order valence-corrected chi connectivity index (χ0v) is 15.8. The lowest BCUT2D eigenvalue weighted by molar-refractivity contribution is 0.100. The first kappa shape index (κ1) is 18.4. The standard InChI is InChI=1S/C24H22N2O/c1-24(2,3)15-14-17-10-12-18(13-11-17)19-7-4-5-8-20(19)22-21(23(25)27)9-6-16-26-22/h4-13,16H,1-3H3,(H2,25,27). The van der Waals surface area contributed by atoms with Gasteiger partial charge in [0.1, 0.15) is 0 Å². The summed E-state index contributed by atoms with van der Waals surface area (Å²) in [4.78, 5) is 16.2. The summed E-state index contributed by atoms with van der Waals surface area (Å²) >= 11 is 0. The van der Waals surface area contributed by atoms with Gasteiger partial charge in [0.05, 0.1) is 11.3 Å². The van der Waals surface area contributed by atoms with Gasteiger partial charge in [0.2, 0.25) is 0 Å². The summed E-state index contributed by atoms with van der Waals surface area (Å²) in [5.41, 5.74) is 10.4. The van der Waals surface area contributed by atoms with Crippen LogP contribution in [0.2, 0.25) is 0 Å². The minimum atomic E-state index is -0.485. The molecule has 1 amide bonds. The largest absolute Gasteiger partial charge is 0.366 e. The van der Waals surface area contributed by atoms with Gasteiger partial charge in [0.25, 0.3) is 5.91 Å². The first-order valence-electron chi connectivity index (χ1n) is 8.83. The van der Waals surface area contributed by atoms with Gasteiger partial charge < -0.3 is 5.73 Å². The molecular weight excluding hydrogens is 332 g/mol. The maximum absolute atomic E-state index is 11.8. The second kappa shape index (κ2) is 7.47. The number of hydrogen-bond acceptors (Lipinski definition) is 2. The number of nitrogens with two attached hydrogens (primary N) is 1. The van der Waals surface area contributed by atoms with Crippen molar-refractivity contribution < 1.29 is 4.79 Å². The van der Waals surface area contributed by atoms with E-state index < -0.39 is 5.91 Å². The number of nitrogens with zero attached hydrogens (tertiary/aromatic N) is 1. The molecule has 0 aliphatic rings. The molecule has 0 unspecified atom stereocenters. The van der Waals surface area contributed by atoms with Gasteiger partial charge in [0, 0.05) is 22.7 Å². The predicted molar refractivity (Wildman–Crippen MR) is 110 cm³/mol. The van der Waals surface area contributed by atoms with E-state index in [2.05, 4.69) is 37.6 Å². The average Bonchev–Trinajstić information content (AvgIpc) is 2.66. The van der Waals surface area contributed by atoms with E-state index in [4.69, 9.17) is 5.73 Å². The summed E-state index contributed by atoms with van der Waals surface area (Å²) < 4.78 is 0. The third-order valence-corrected chi connectivity index (χ3v) is 4.03. The lowest BCUT2D eigenvalue weighted by Crippen LogP contribution is -2.13. The molecular formula is C24H22N2O. The highest BCUT2D eigenvalue weighted by atomic mass is 16.1. The molecule has 0 aliphatic heterocycles. The van der Waals surface area contributed by atoms with Crippen LogP contribution in [0.5, 0.6) is 0 Å². The molecule has 134 valence electrons. The second-order valence-electron chi connectivity index (χ2n) is 7.39. The maximum Gasteiger partial charge on any atom is 0.250 e. The van der Waals surface area contributed by atoms with Crippen molar-refractivity contribution in [2.45, 2.75) is 20.8 Å². The van der Waals surface area contributed by atoms with Crippen LogP contribution in [0.25, 0.3) is 22.4 Å². The van der Waals surface area contributed by atoms with Gasteiger partial charge in [0.15, 0.2) is 0 Å². The van der Waals surface area contributed by atoms with Crippen LogP contribution in [0.15, 0.2) is 66.9 Å². The van der Waals surface area contributed by atoms with Crippen LogP contribution < -0.4 is 5.73 Å². The molecule has 3 rings (SSSR count). The minimum Gasteiger partial charge on any atom is -0.366 e. The fourth-order valence-electron chi connectivity index (χ4n) is 2.75. The van der Waals surface area contributed by atoms with Gasteiger partial charge in [-0.05, 0) is 56.2 Å². The molecule has 0 saturated heterocycles. The number of rotatable bonds is 3. The monoisotopic (exact) mass is 354 g/mol. The quantitative estimate of drug-likeness (QED) is 0.679. The van der Waals surface area contributed by atoms with E-state index in [1.165, 1.54) is 0 Å². The van der Waals surface area contributed by atoms with E-state index in [1.807, 2.05) is 48.5 Å². The Hall–Kier alpha value is -3.38. The Balaban J connectivity index is 2.05. The lowest BCUT2D eigenvalue weighted by atomic mass is 9.94. The molecule has 1 heterocycles. The van der Waals surface area contributed by atoms with E-state index in [0.29, 0.717) is 11.3 Å². The first-order valence-corrected chi connectivity index (χ1v) is 8.83. The van der Waals surface area contributed by atoms with Crippen molar-refractivity contribution in [3.63, 3.8) is 0 Å². The Labute approximate surface area is 160 Å². The molecule has 2 N–H and O–H groups in total. The van der Waals surface area contributed by atoms with Crippen molar-refractivity contribution in [2.75, 3.05) is 0 Å². The lowest BCUT2D eigenvalue weighted by Gasteiger charge is -2.12. The van der Waals surface area contributed by atoms with E-state index in [9.17, 15) is 4.79 Å². The van der Waals surface area contributed by atoms with E-state index in [1.54, 1.807) is 18.3 Å². The summed E-state index contributed by atoms with van der Waals surface area (Å²) in [5, 5.41) is 0. The molecule has 2 aromatic carbocycles. The summed E-state index contributed by atoms with van der Waals surface area (Å²) in [6.07, 6.45) is 1.67. The molecule has 27 heavy (non-hydrogen) atoms. The zero-order chi connectivity index (χ0) is 19.4. The van der Waals surface area contributed by atoms with E-state index >= 15 is 0 Å². The van der Waals surface area contributed by atoms with Crippen molar-refractivity contribution in [1.29, 1.82) is 0 Å². The number of aromatic nitrogens is 1. The van der Waals surface area contributed by atoms with Gasteiger partial charge in [-0.25, -0.2) is 0 Å². The van der Waals surface area contributed by atoms with Gasteiger partial charge in [-0.15, -0.1) is 0 Å². The topological polar surface area (TPSA) is 56.0 Å². The van der Waals surface area contributed by atoms with Gasteiger partial charge in [-0.2, -0.15) is 0 Å². The Morgan fingerprint density at radius 1 is 0.926 bits per heavy atom. The van der Waals surface area contributed by atoms with Crippen molar-refractivity contribution in [1.82, 2.24) is 4.98 Å². The number of pyridine rings is 1. The fourth-order valence-corrected chi connectivity index (χ4v) is 2.75. The molecule has 0 spiro atoms. The average molecular weight is 354 g/mol. The van der Waals surface area contributed by atoms with Gasteiger partial charge in [-0.3, -0.25) is 9.78 Å². The molecule has 0 bridgehead atoms. The van der Waals surface area contributed by atoms with Gasteiger partial charge >= 0.3 is 0 Å². The van der Waals surface area contributed by atoms with Crippen molar-refractivity contribution in [3.8, 4) is 34.2 Å². The fraction of sp³-hybridized carbons (Fsp3) is 0.167. The molecule has 0 radical (unpaired) electrons. The first-order chi connectivity index (χ1) is 12.8. The van der Waals surface area contributed by atoms with Crippen LogP contribution in [-0.2, 0) is 0 Å². The zero-order valence-electron chi connectivity index (χ0n) is 15.8. The maximum atomic E-state index is 11.8. The highest BCUT2D eigenvalue weighted by molar-refractivity contribution is 6.00. The molecule has 3 heteroatoms. The summed E-state index contributed by atoms with van der Waals surface area (Å²) in [6, 6.07) is 19.4. The summed E-state index contributed by atoms with van der Waals surface area (Å²) in [6.45, 7) is 6.27. The molecule has 3 nitrogen and oxygen atoms in total. The number of primary amides is 1. The Morgan fingerprint density at radius 2 is 1.59 bits per heavy atom. The van der Waals surface area contributed by atoms with E-state index in [0.717, 1.165) is 22.3 Å². The van der Waals surface area contributed by atoms with Crippen LogP contribution in [0.3, 0.4) is 0 Å². The van der Waals surface area contributed by atoms with Crippen LogP contribution >= 0.6 is 0 Å². The number of carbonyl (C=O) groups excluding carboxylic acids is 1. The Bertz CT molecular complexity index is 1030. The Morgan fingerprint density at radius 3 is 2.22 bits per heavy atom. The Kier molecular flexibility index (Phi) is 5.09. The molecule has 0 saturated carbocycles. The third kappa shape index (κ3) is 4.43. The second-order valence-corrected chi connectivity index (χ2v) is 7.39. The predicted octanol–water partition coefficient (Wildman–Crippen LogP) is 4.91. The number of carbonyl (C=O) groups is 1. The summed E-state index contributed by atoms with van der Waals surface area (Å²) in [7, 11) is 0. The molecule has 0 atom stereocenters. The SMILES string of the molecule is CC(C)(C)C#Cc1ccc(-c2ccccc2-c2ncccc2C(N)=O)cc1. The third-order valence-electron chi connectivity index (χ3n) is 4.03. The highest BCUT2D eigenvalue weighted by Gasteiger charge is 2.14. The number of amides is 1. The number of hydrogen-bond donors (Lipinski definition) is 1. The number of benzene rings is 2. The van der Waals surface area contributed by atoms with Crippen molar-refractivity contribution in [3.05, 3.63) is 78.0 Å². The minimum absolute atomic E-state index is 0.0323. The van der Waals surface area contributed by atoms with Crippen molar-refractivity contribution in [2.24, 2.45) is 11.1 Å². The molecule has 0 fully saturated rings. The smallest absolute Gasteiger partial charge is 0.250 e. The van der Waals surface area contributed by atoms with Crippen LogP contribution in [0, 0.1) is 17.3 Å². The van der Waals surface area contributed by atoms with Gasteiger partial charge in [-0.1, -0.05) is 48.2 Å². The van der Waals surface area contributed by atoms with E-state index in [-0.39, 0.29) is 5.41 Å².